The van der Waals surface area contributed by atoms with Crippen molar-refractivity contribution in [2.75, 3.05) is 44.2 Å². The van der Waals surface area contributed by atoms with Crippen molar-refractivity contribution in [2.45, 2.75) is 45.8 Å². The van der Waals surface area contributed by atoms with E-state index in [4.69, 9.17) is 9.72 Å². The van der Waals surface area contributed by atoms with Gasteiger partial charge in [-0.05, 0) is 13.8 Å². The molecule has 3 rings (SSSR count). The van der Waals surface area contributed by atoms with Crippen LogP contribution in [0.5, 0.6) is 0 Å². The number of piperazine rings is 1. The number of amides is 1. The monoisotopic (exact) mass is 419 g/mol. The molecule has 154 valence electrons. The average molecular weight is 420 g/mol. The molecule has 2 aliphatic heterocycles. The van der Waals surface area contributed by atoms with E-state index in [-0.39, 0.29) is 42.9 Å². The van der Waals surface area contributed by atoms with Gasteiger partial charge >= 0.3 is 0 Å². The van der Waals surface area contributed by atoms with Crippen molar-refractivity contribution in [3.8, 4) is 0 Å². The summed E-state index contributed by atoms with van der Waals surface area (Å²) in [7, 11) is 0. The Balaban J connectivity index is 0.00000182. The van der Waals surface area contributed by atoms with E-state index in [9.17, 15) is 4.79 Å². The molecule has 0 saturated carbocycles. The predicted octanol–water partition coefficient (Wildman–Crippen LogP) is 1.78. The van der Waals surface area contributed by atoms with Crippen molar-refractivity contribution >= 4 is 36.5 Å². The van der Waals surface area contributed by atoms with Crippen molar-refractivity contribution in [1.82, 2.24) is 20.2 Å². The van der Waals surface area contributed by atoms with Gasteiger partial charge in [0.05, 0.1) is 12.7 Å². The van der Waals surface area contributed by atoms with Crippen molar-refractivity contribution in [3.63, 3.8) is 0 Å². The van der Waals surface area contributed by atoms with Crippen LogP contribution in [0.15, 0.2) is 6.07 Å². The molecule has 1 amide bonds. The smallest absolute Gasteiger partial charge is 0.242 e. The number of carbonyl (C=O) groups excluding carboxylic acids is 1. The molecule has 0 radical (unpaired) electrons. The summed E-state index contributed by atoms with van der Waals surface area (Å²) in [6.07, 6.45) is -0.0719. The molecule has 2 saturated heterocycles. The second-order valence-electron chi connectivity index (χ2n) is 7.20. The number of rotatable bonds is 3. The highest BCUT2D eigenvalue weighted by molar-refractivity contribution is 5.85. The van der Waals surface area contributed by atoms with Gasteiger partial charge in [-0.1, -0.05) is 13.8 Å². The highest BCUT2D eigenvalue weighted by Crippen LogP contribution is 2.19. The third-order valence-electron chi connectivity index (χ3n) is 4.87. The quantitative estimate of drug-likeness (QED) is 0.804. The number of nitrogens with one attached hydrogen (secondary N) is 1. The molecule has 1 aromatic heterocycles. The Morgan fingerprint density at radius 2 is 1.89 bits per heavy atom. The zero-order valence-electron chi connectivity index (χ0n) is 16.5. The van der Waals surface area contributed by atoms with Gasteiger partial charge in [0.25, 0.3) is 0 Å². The molecule has 2 atom stereocenters. The van der Waals surface area contributed by atoms with Crippen LogP contribution in [0.2, 0.25) is 0 Å². The molecule has 27 heavy (non-hydrogen) atoms. The van der Waals surface area contributed by atoms with Crippen LogP contribution in [0.1, 0.15) is 38.2 Å². The largest absolute Gasteiger partial charge is 0.375 e. The molecule has 0 aliphatic carbocycles. The molecule has 0 aromatic carbocycles. The predicted molar refractivity (Wildman–Crippen MR) is 111 cm³/mol. The molecule has 0 unspecified atom stereocenters. The Kier molecular flexibility index (Phi) is 9.21. The highest BCUT2D eigenvalue weighted by Gasteiger charge is 2.33. The van der Waals surface area contributed by atoms with E-state index in [0.29, 0.717) is 25.6 Å². The minimum absolute atomic E-state index is 0. The lowest BCUT2D eigenvalue weighted by Crippen LogP contribution is -2.59. The molecule has 1 N–H and O–H groups in total. The molecule has 9 heteroatoms. The third-order valence-corrected chi connectivity index (χ3v) is 4.87. The fourth-order valence-corrected chi connectivity index (χ4v) is 3.36. The van der Waals surface area contributed by atoms with E-state index in [1.165, 1.54) is 0 Å². The number of aryl methyl sites for hydroxylation is 1. The van der Waals surface area contributed by atoms with Crippen LogP contribution >= 0.6 is 24.8 Å². The number of hydrogen-bond donors (Lipinski definition) is 1. The van der Waals surface area contributed by atoms with E-state index in [1.807, 2.05) is 24.8 Å². The lowest BCUT2D eigenvalue weighted by atomic mass is 10.1. The summed E-state index contributed by atoms with van der Waals surface area (Å²) in [6.45, 7) is 12.6. The van der Waals surface area contributed by atoms with E-state index in [2.05, 4.69) is 29.0 Å². The molecule has 1 aromatic rings. The molecule has 2 fully saturated rings. The van der Waals surface area contributed by atoms with Gasteiger partial charge in [0.15, 0.2) is 0 Å². The maximum absolute atomic E-state index is 12.7. The summed E-state index contributed by atoms with van der Waals surface area (Å²) < 4.78 is 5.60. The second-order valence-corrected chi connectivity index (χ2v) is 7.20. The SMILES string of the molecule is Cc1cc(N2CCN(C(=O)[C@H]3NCCO[C@@H]3C)CC2)nc(C(C)C)n1.Cl.Cl. The lowest BCUT2D eigenvalue weighted by molar-refractivity contribution is -0.139. The summed E-state index contributed by atoms with van der Waals surface area (Å²) in [5, 5.41) is 3.29. The molecule has 0 spiro atoms. The number of anilines is 1. The zero-order valence-corrected chi connectivity index (χ0v) is 18.1. The van der Waals surface area contributed by atoms with Gasteiger partial charge in [0.2, 0.25) is 5.91 Å². The normalized spacial score (nSPS) is 22.9. The van der Waals surface area contributed by atoms with Gasteiger partial charge < -0.3 is 19.9 Å². The van der Waals surface area contributed by atoms with Crippen molar-refractivity contribution < 1.29 is 9.53 Å². The van der Waals surface area contributed by atoms with Crippen LogP contribution in [0.25, 0.3) is 0 Å². The zero-order chi connectivity index (χ0) is 18.0. The first-order chi connectivity index (χ1) is 12.0. The van der Waals surface area contributed by atoms with E-state index >= 15 is 0 Å². The third kappa shape index (κ3) is 5.67. The number of halogens is 2. The van der Waals surface area contributed by atoms with Crippen LogP contribution in [0.4, 0.5) is 5.82 Å². The Morgan fingerprint density at radius 3 is 2.48 bits per heavy atom. The number of aromatic nitrogens is 2. The summed E-state index contributed by atoms with van der Waals surface area (Å²) in [5.74, 6) is 2.30. The van der Waals surface area contributed by atoms with E-state index in [1.54, 1.807) is 0 Å². The van der Waals surface area contributed by atoms with E-state index < -0.39 is 0 Å². The molecule has 3 heterocycles. The molecule has 2 aliphatic rings. The number of nitrogens with zero attached hydrogens (tertiary/aromatic N) is 4. The van der Waals surface area contributed by atoms with Crippen LogP contribution in [0.3, 0.4) is 0 Å². The van der Waals surface area contributed by atoms with Crippen LogP contribution in [0, 0.1) is 6.92 Å². The van der Waals surface area contributed by atoms with Gasteiger partial charge in [-0.3, -0.25) is 4.79 Å². The van der Waals surface area contributed by atoms with Crippen LogP contribution in [-0.4, -0.2) is 72.3 Å². The summed E-state index contributed by atoms with van der Waals surface area (Å²) >= 11 is 0. The maximum Gasteiger partial charge on any atom is 0.242 e. The van der Waals surface area contributed by atoms with Crippen LogP contribution in [-0.2, 0) is 9.53 Å². The van der Waals surface area contributed by atoms with Gasteiger partial charge in [0.1, 0.15) is 17.7 Å². The number of morpholine rings is 1. The fourth-order valence-electron chi connectivity index (χ4n) is 3.36. The number of hydrogen-bond acceptors (Lipinski definition) is 6. The molecular formula is C18H31Cl2N5O2. The molecule has 7 nitrogen and oxygen atoms in total. The topological polar surface area (TPSA) is 70.6 Å². The minimum Gasteiger partial charge on any atom is -0.375 e. The van der Waals surface area contributed by atoms with Crippen molar-refractivity contribution in [2.24, 2.45) is 0 Å². The average Bonchev–Trinajstić information content (AvgIpc) is 2.61. The molecule has 0 bridgehead atoms. The first kappa shape index (κ1) is 23.9. The summed E-state index contributed by atoms with van der Waals surface area (Å²) in [5.41, 5.74) is 0.990. The fraction of sp³-hybridized carbons (Fsp3) is 0.722. The Hall–Kier alpha value is -1.15. The molecular weight excluding hydrogens is 389 g/mol. The Labute approximate surface area is 174 Å². The van der Waals surface area contributed by atoms with Gasteiger partial charge in [-0.25, -0.2) is 9.97 Å². The Morgan fingerprint density at radius 1 is 1.22 bits per heavy atom. The van der Waals surface area contributed by atoms with Gasteiger partial charge in [-0.2, -0.15) is 0 Å². The summed E-state index contributed by atoms with van der Waals surface area (Å²) in [6, 6.07) is 1.80. The van der Waals surface area contributed by atoms with Gasteiger partial charge in [0, 0.05) is 50.4 Å². The summed E-state index contributed by atoms with van der Waals surface area (Å²) in [4.78, 5) is 26.2. The first-order valence-electron chi connectivity index (χ1n) is 9.20. The first-order valence-corrected chi connectivity index (χ1v) is 9.20. The number of ether oxygens (including phenoxy) is 1. The minimum atomic E-state index is -0.228. The van der Waals surface area contributed by atoms with Crippen molar-refractivity contribution in [1.29, 1.82) is 0 Å². The second kappa shape index (κ2) is 10.4. The Bertz CT molecular complexity index is 624. The maximum atomic E-state index is 12.7. The number of carbonyl (C=O) groups is 1. The van der Waals surface area contributed by atoms with Gasteiger partial charge in [-0.15, -0.1) is 24.8 Å². The van der Waals surface area contributed by atoms with E-state index in [0.717, 1.165) is 37.0 Å². The lowest BCUT2D eigenvalue weighted by Gasteiger charge is -2.39. The van der Waals surface area contributed by atoms with Crippen molar-refractivity contribution in [3.05, 3.63) is 17.6 Å². The van der Waals surface area contributed by atoms with Crippen LogP contribution < -0.4 is 10.2 Å². The standard InChI is InChI=1S/C18H29N5O2.2ClH/c1-12(2)17-20-13(3)11-15(21-17)22-6-8-23(9-7-22)18(24)16-14(4)25-10-5-19-16;;/h11-12,14,16,19H,5-10H2,1-4H3;2*1H/t14-,16+;;/m1../s1. The highest BCUT2D eigenvalue weighted by atomic mass is 35.5.